The Hall–Kier alpha value is -1.08. The first-order valence-electron chi connectivity index (χ1n) is 3.81. The molecule has 0 bridgehead atoms. The fraction of sp³-hybridized carbons (Fsp3) is 0.200. The van der Waals surface area contributed by atoms with Crippen molar-refractivity contribution in [2.24, 2.45) is 0 Å². The summed E-state index contributed by atoms with van der Waals surface area (Å²) < 4.78 is 37.2. The summed E-state index contributed by atoms with van der Waals surface area (Å²) in [5.74, 6) is 5.16. The number of benzene rings is 1. The highest BCUT2D eigenvalue weighted by molar-refractivity contribution is 7.80. The molecule has 1 aromatic rings. The highest BCUT2D eigenvalue weighted by atomic mass is 32.1. The lowest BCUT2D eigenvalue weighted by Gasteiger charge is -2.07. The van der Waals surface area contributed by atoms with Crippen LogP contribution in [0.15, 0.2) is 24.3 Å². The summed E-state index contributed by atoms with van der Waals surface area (Å²) in [5.41, 5.74) is -0.705. The zero-order chi connectivity index (χ0) is 10.6. The van der Waals surface area contributed by atoms with Gasteiger partial charge in [0.05, 0.1) is 11.3 Å². The van der Waals surface area contributed by atoms with Gasteiger partial charge in [-0.1, -0.05) is 24.0 Å². The molecule has 0 nitrogen and oxygen atoms in total. The molecule has 0 saturated heterocycles. The molecule has 4 heteroatoms. The van der Waals surface area contributed by atoms with Crippen LogP contribution in [0, 0.1) is 11.8 Å². The molecule has 0 heterocycles. The molecular formula is C10H7F3S. The van der Waals surface area contributed by atoms with E-state index in [4.69, 9.17) is 0 Å². The van der Waals surface area contributed by atoms with E-state index in [0.29, 0.717) is 0 Å². The number of rotatable bonds is 0. The van der Waals surface area contributed by atoms with Crippen LogP contribution < -0.4 is 0 Å². The van der Waals surface area contributed by atoms with Crippen LogP contribution in [-0.2, 0) is 6.18 Å². The van der Waals surface area contributed by atoms with E-state index < -0.39 is 11.7 Å². The highest BCUT2D eigenvalue weighted by Crippen LogP contribution is 2.31. The van der Waals surface area contributed by atoms with Crippen LogP contribution in [0.4, 0.5) is 13.2 Å². The van der Waals surface area contributed by atoms with Crippen LogP contribution in [0.1, 0.15) is 11.1 Å². The molecular weight excluding hydrogens is 209 g/mol. The van der Waals surface area contributed by atoms with Crippen LogP contribution in [0.2, 0.25) is 0 Å². The molecule has 1 aromatic carbocycles. The van der Waals surface area contributed by atoms with Crippen molar-refractivity contribution < 1.29 is 13.2 Å². The van der Waals surface area contributed by atoms with Gasteiger partial charge in [-0.05, 0) is 12.1 Å². The smallest absolute Gasteiger partial charge is 0.166 e. The van der Waals surface area contributed by atoms with E-state index in [1.807, 2.05) is 0 Å². The third-order valence-corrected chi connectivity index (χ3v) is 1.69. The molecule has 0 fully saturated rings. The fourth-order valence-corrected chi connectivity index (χ4v) is 1.05. The van der Waals surface area contributed by atoms with Crippen LogP contribution in [0.25, 0.3) is 0 Å². The third-order valence-electron chi connectivity index (χ3n) is 1.53. The molecule has 0 aliphatic heterocycles. The molecule has 0 aliphatic rings. The van der Waals surface area contributed by atoms with Gasteiger partial charge in [0.25, 0.3) is 0 Å². The molecule has 0 unspecified atom stereocenters. The Morgan fingerprint density at radius 1 is 1.21 bits per heavy atom. The van der Waals surface area contributed by atoms with Gasteiger partial charge in [-0.2, -0.15) is 25.8 Å². The minimum Gasteiger partial charge on any atom is -0.166 e. The number of hydrogen-bond acceptors (Lipinski definition) is 1. The Balaban J connectivity index is 3.16. The number of thiol groups is 1. The maximum atomic E-state index is 12.4. The number of alkyl halides is 3. The Morgan fingerprint density at radius 2 is 1.86 bits per heavy atom. The lowest BCUT2D eigenvalue weighted by atomic mass is 10.1. The molecule has 0 N–H and O–H groups in total. The van der Waals surface area contributed by atoms with Crippen molar-refractivity contribution in [2.75, 3.05) is 5.75 Å². The van der Waals surface area contributed by atoms with Gasteiger partial charge in [0.2, 0.25) is 0 Å². The summed E-state index contributed by atoms with van der Waals surface area (Å²) in [4.78, 5) is 0. The first-order valence-corrected chi connectivity index (χ1v) is 4.45. The Kier molecular flexibility index (Phi) is 3.48. The van der Waals surface area contributed by atoms with Crippen LogP contribution >= 0.6 is 12.6 Å². The normalized spacial score (nSPS) is 10.6. The maximum absolute atomic E-state index is 12.4. The first-order chi connectivity index (χ1) is 6.55. The summed E-state index contributed by atoms with van der Waals surface area (Å²) in [6.45, 7) is 0. The second-order valence-electron chi connectivity index (χ2n) is 2.50. The van der Waals surface area contributed by atoms with Crippen molar-refractivity contribution in [1.29, 1.82) is 0 Å². The largest absolute Gasteiger partial charge is 0.417 e. The molecule has 14 heavy (non-hydrogen) atoms. The van der Waals surface area contributed by atoms with Crippen LogP contribution in [0.5, 0.6) is 0 Å². The van der Waals surface area contributed by atoms with Gasteiger partial charge < -0.3 is 0 Å². The predicted octanol–water partition coefficient (Wildman–Crippen LogP) is 2.99. The zero-order valence-corrected chi connectivity index (χ0v) is 7.99. The molecule has 0 aliphatic carbocycles. The molecule has 0 spiro atoms. The number of hydrogen-bond donors (Lipinski definition) is 1. The van der Waals surface area contributed by atoms with E-state index in [2.05, 4.69) is 24.5 Å². The van der Waals surface area contributed by atoms with Crippen molar-refractivity contribution in [1.82, 2.24) is 0 Å². The van der Waals surface area contributed by atoms with Gasteiger partial charge >= 0.3 is 6.18 Å². The lowest BCUT2D eigenvalue weighted by Crippen LogP contribution is -2.07. The van der Waals surface area contributed by atoms with Gasteiger partial charge in [-0.15, -0.1) is 0 Å². The molecule has 1 rings (SSSR count). The quantitative estimate of drug-likeness (QED) is 0.500. The Bertz CT molecular complexity index is 371. The second-order valence-corrected chi connectivity index (χ2v) is 2.82. The molecule has 0 aromatic heterocycles. The van der Waals surface area contributed by atoms with Crippen LogP contribution in [-0.4, -0.2) is 5.75 Å². The summed E-state index contributed by atoms with van der Waals surface area (Å²) in [7, 11) is 0. The van der Waals surface area contributed by atoms with E-state index in [0.717, 1.165) is 6.07 Å². The van der Waals surface area contributed by atoms with Crippen molar-refractivity contribution in [3.05, 3.63) is 35.4 Å². The van der Waals surface area contributed by atoms with E-state index >= 15 is 0 Å². The van der Waals surface area contributed by atoms with Crippen molar-refractivity contribution in [2.45, 2.75) is 6.18 Å². The summed E-state index contributed by atoms with van der Waals surface area (Å²) in [6.07, 6.45) is -4.35. The van der Waals surface area contributed by atoms with E-state index in [-0.39, 0.29) is 11.3 Å². The van der Waals surface area contributed by atoms with Gasteiger partial charge in [0, 0.05) is 5.56 Å². The Morgan fingerprint density at radius 3 is 2.43 bits per heavy atom. The minimum atomic E-state index is -4.35. The zero-order valence-electron chi connectivity index (χ0n) is 7.10. The Labute approximate surface area is 85.5 Å². The molecule has 0 atom stereocenters. The molecule has 74 valence electrons. The molecule has 0 radical (unpaired) electrons. The SMILES string of the molecule is FC(F)(F)c1ccccc1C#CCS. The topological polar surface area (TPSA) is 0 Å². The van der Waals surface area contributed by atoms with Crippen molar-refractivity contribution in [3.8, 4) is 11.8 Å². The van der Waals surface area contributed by atoms with E-state index in [9.17, 15) is 13.2 Å². The van der Waals surface area contributed by atoms with Gasteiger partial charge in [0.1, 0.15) is 0 Å². The average molecular weight is 216 g/mol. The van der Waals surface area contributed by atoms with Gasteiger partial charge in [-0.3, -0.25) is 0 Å². The predicted molar refractivity (Wildman–Crippen MR) is 52.2 cm³/mol. The third kappa shape index (κ3) is 2.71. The maximum Gasteiger partial charge on any atom is 0.417 e. The van der Waals surface area contributed by atoms with E-state index in [1.165, 1.54) is 18.2 Å². The summed E-state index contributed by atoms with van der Waals surface area (Å²) >= 11 is 3.80. The minimum absolute atomic E-state index is 0.00551. The van der Waals surface area contributed by atoms with Crippen molar-refractivity contribution >= 4 is 12.6 Å². The van der Waals surface area contributed by atoms with Crippen LogP contribution in [0.3, 0.4) is 0 Å². The average Bonchev–Trinajstić information content (AvgIpc) is 2.14. The standard InChI is InChI=1S/C10H7F3S/c11-10(12,13)9-6-2-1-4-8(9)5-3-7-14/h1-2,4,6,14H,7H2. The first kappa shape index (κ1) is 11.0. The molecule has 0 saturated carbocycles. The fourth-order valence-electron chi connectivity index (χ4n) is 0.974. The van der Waals surface area contributed by atoms with Gasteiger partial charge in [-0.25, -0.2) is 0 Å². The summed E-state index contributed by atoms with van der Waals surface area (Å²) in [6, 6.07) is 5.23. The molecule has 0 amide bonds. The number of halogens is 3. The lowest BCUT2D eigenvalue weighted by molar-refractivity contribution is -0.137. The second kappa shape index (κ2) is 4.43. The highest BCUT2D eigenvalue weighted by Gasteiger charge is 2.32. The van der Waals surface area contributed by atoms with Gasteiger partial charge in [0.15, 0.2) is 0 Å². The summed E-state index contributed by atoms with van der Waals surface area (Å²) in [5, 5.41) is 0. The van der Waals surface area contributed by atoms with Crippen molar-refractivity contribution in [3.63, 3.8) is 0 Å². The monoisotopic (exact) mass is 216 g/mol. The van der Waals surface area contributed by atoms with E-state index in [1.54, 1.807) is 0 Å².